The van der Waals surface area contributed by atoms with Gasteiger partial charge in [-0.05, 0) is 24.6 Å². The van der Waals surface area contributed by atoms with Gasteiger partial charge in [-0.3, -0.25) is 4.90 Å². The van der Waals surface area contributed by atoms with Gasteiger partial charge in [0.05, 0.1) is 34.4 Å². The molecule has 1 fully saturated rings. The molecule has 0 spiro atoms. The van der Waals surface area contributed by atoms with Crippen molar-refractivity contribution in [3.8, 4) is 6.07 Å². The van der Waals surface area contributed by atoms with Crippen LogP contribution in [0.15, 0.2) is 18.2 Å². The summed E-state index contributed by atoms with van der Waals surface area (Å²) >= 11 is 1.58. The minimum absolute atomic E-state index is 0.173. The molecule has 0 saturated carbocycles. The number of carbonyl (C=O) groups is 1. The molecule has 0 aliphatic carbocycles. The minimum atomic E-state index is -0.466. The van der Waals surface area contributed by atoms with Crippen LogP contribution in [0.1, 0.15) is 17.8 Å². The topological polar surface area (TPSA) is 86.5 Å². The lowest BCUT2D eigenvalue weighted by atomic mass is 10.2. The largest absolute Gasteiger partial charge is 0.441 e. The average molecular weight is 317 g/mol. The lowest BCUT2D eigenvalue weighted by Crippen LogP contribution is -2.25. The molecule has 2 aromatic rings. The molecule has 114 valence electrons. The quantitative estimate of drug-likeness (QED) is 0.856. The van der Waals surface area contributed by atoms with Gasteiger partial charge in [0.1, 0.15) is 6.10 Å². The van der Waals surface area contributed by atoms with Crippen molar-refractivity contribution in [2.75, 3.05) is 18.1 Å². The standard InChI is InChI=1S/C15H15N3O3S/c16-6-2-1-3-14-17-12-5-4-10(7-13(12)22-14)18-8-11(9-19)21-15(18)20/h4-5,7,11,19H,1-3,8-9H2/t11-/m0/s1. The van der Waals surface area contributed by atoms with Crippen molar-refractivity contribution in [3.63, 3.8) is 0 Å². The van der Waals surface area contributed by atoms with Gasteiger partial charge in [-0.1, -0.05) is 0 Å². The smallest absolute Gasteiger partial charge is 0.414 e. The van der Waals surface area contributed by atoms with E-state index in [2.05, 4.69) is 11.1 Å². The number of aliphatic hydroxyl groups excluding tert-OH is 1. The number of aromatic nitrogens is 1. The third kappa shape index (κ3) is 2.89. The third-order valence-electron chi connectivity index (χ3n) is 3.48. The molecule has 0 unspecified atom stereocenters. The highest BCUT2D eigenvalue weighted by Crippen LogP contribution is 2.29. The van der Waals surface area contributed by atoms with E-state index in [1.165, 1.54) is 4.90 Å². The van der Waals surface area contributed by atoms with E-state index >= 15 is 0 Å². The number of cyclic esters (lactones) is 1. The first-order valence-corrected chi connectivity index (χ1v) is 7.88. The molecule has 0 radical (unpaired) electrons. The molecule has 1 amide bonds. The van der Waals surface area contributed by atoms with E-state index in [9.17, 15) is 4.79 Å². The minimum Gasteiger partial charge on any atom is -0.441 e. The number of ether oxygens (including phenoxy) is 1. The normalized spacial score (nSPS) is 17.7. The third-order valence-corrected chi connectivity index (χ3v) is 4.56. The van der Waals surface area contributed by atoms with Gasteiger partial charge >= 0.3 is 6.09 Å². The van der Waals surface area contributed by atoms with Crippen LogP contribution in [0.5, 0.6) is 0 Å². The van der Waals surface area contributed by atoms with Crippen molar-refractivity contribution in [1.82, 2.24) is 4.98 Å². The zero-order chi connectivity index (χ0) is 15.5. The number of fused-ring (bicyclic) bond motifs is 1. The first-order chi connectivity index (χ1) is 10.7. The Morgan fingerprint density at radius 2 is 2.41 bits per heavy atom. The number of aryl methyl sites for hydroxylation is 1. The number of aliphatic hydroxyl groups is 1. The van der Waals surface area contributed by atoms with Gasteiger partial charge in [-0.2, -0.15) is 5.26 Å². The Morgan fingerprint density at radius 1 is 1.55 bits per heavy atom. The van der Waals surface area contributed by atoms with E-state index in [-0.39, 0.29) is 6.61 Å². The van der Waals surface area contributed by atoms with Crippen molar-refractivity contribution in [2.45, 2.75) is 25.4 Å². The maximum absolute atomic E-state index is 11.8. The molecule has 22 heavy (non-hydrogen) atoms. The fourth-order valence-electron chi connectivity index (χ4n) is 2.38. The van der Waals surface area contributed by atoms with E-state index in [4.69, 9.17) is 15.1 Å². The average Bonchev–Trinajstić information content (AvgIpc) is 3.09. The molecule has 1 aromatic carbocycles. The molecule has 6 nitrogen and oxygen atoms in total. The number of nitrogens with zero attached hydrogens (tertiary/aromatic N) is 3. The summed E-state index contributed by atoms with van der Waals surface area (Å²) < 4.78 is 6.06. The molecule has 1 aliphatic heterocycles. The van der Waals surface area contributed by atoms with Gasteiger partial charge in [-0.25, -0.2) is 9.78 Å². The summed E-state index contributed by atoms with van der Waals surface area (Å²) in [6.07, 6.45) is 1.23. The van der Waals surface area contributed by atoms with Crippen molar-refractivity contribution in [1.29, 1.82) is 5.26 Å². The number of amides is 1. The molecular formula is C15H15N3O3S. The van der Waals surface area contributed by atoms with Crippen molar-refractivity contribution in [2.24, 2.45) is 0 Å². The number of carbonyl (C=O) groups excluding carboxylic acids is 1. The second-order valence-corrected chi connectivity index (χ2v) is 6.19. The summed E-state index contributed by atoms with van der Waals surface area (Å²) in [5.74, 6) is 0. The molecule has 1 atom stereocenters. The van der Waals surface area contributed by atoms with Crippen LogP contribution in [0.3, 0.4) is 0 Å². The summed E-state index contributed by atoms with van der Waals surface area (Å²) in [6, 6.07) is 7.77. The molecule has 1 aromatic heterocycles. The number of nitriles is 1. The van der Waals surface area contributed by atoms with E-state index in [1.54, 1.807) is 11.3 Å². The summed E-state index contributed by atoms with van der Waals surface area (Å²) in [5, 5.41) is 18.7. The molecule has 3 rings (SSSR count). The molecule has 7 heteroatoms. The van der Waals surface area contributed by atoms with Gasteiger partial charge in [0.15, 0.2) is 0 Å². The number of thiazole rings is 1. The molecule has 1 aliphatic rings. The number of anilines is 1. The van der Waals surface area contributed by atoms with Crippen LogP contribution < -0.4 is 4.90 Å². The monoisotopic (exact) mass is 317 g/mol. The van der Waals surface area contributed by atoms with Crippen LogP contribution in [0.25, 0.3) is 10.2 Å². The lowest BCUT2D eigenvalue weighted by molar-refractivity contribution is 0.0963. The van der Waals surface area contributed by atoms with Gasteiger partial charge in [0.2, 0.25) is 0 Å². The van der Waals surface area contributed by atoms with Gasteiger partial charge in [0.25, 0.3) is 0 Å². The lowest BCUT2D eigenvalue weighted by Gasteiger charge is -2.12. The van der Waals surface area contributed by atoms with Gasteiger partial charge in [0, 0.05) is 18.5 Å². The Hall–Kier alpha value is -2.17. The van der Waals surface area contributed by atoms with Crippen molar-refractivity contribution < 1.29 is 14.6 Å². The number of hydrogen-bond acceptors (Lipinski definition) is 6. The zero-order valence-electron chi connectivity index (χ0n) is 11.9. The highest BCUT2D eigenvalue weighted by molar-refractivity contribution is 7.18. The molecule has 1 saturated heterocycles. The van der Waals surface area contributed by atoms with E-state index in [1.807, 2.05) is 18.2 Å². The second kappa shape index (κ2) is 6.30. The Morgan fingerprint density at radius 3 is 3.14 bits per heavy atom. The summed E-state index contributed by atoms with van der Waals surface area (Å²) in [4.78, 5) is 17.9. The van der Waals surface area contributed by atoms with E-state index < -0.39 is 12.2 Å². The number of rotatable bonds is 5. The SMILES string of the molecule is N#CCCCc1nc2ccc(N3C[C@@H](CO)OC3=O)cc2s1. The highest BCUT2D eigenvalue weighted by atomic mass is 32.1. The van der Waals surface area contributed by atoms with Crippen LogP contribution in [-0.2, 0) is 11.2 Å². The van der Waals surface area contributed by atoms with E-state index in [0.717, 1.165) is 33.8 Å². The first-order valence-electron chi connectivity index (χ1n) is 7.06. The highest BCUT2D eigenvalue weighted by Gasteiger charge is 2.31. The summed E-state index contributed by atoms with van der Waals surface area (Å²) in [5.41, 5.74) is 1.65. The second-order valence-electron chi connectivity index (χ2n) is 5.07. The molecular weight excluding hydrogens is 302 g/mol. The van der Waals surface area contributed by atoms with Crippen LogP contribution in [0.4, 0.5) is 10.5 Å². The summed E-state index contributed by atoms with van der Waals surface area (Å²) in [6.45, 7) is 0.183. The predicted octanol–water partition coefficient (Wildman–Crippen LogP) is 2.46. The van der Waals surface area contributed by atoms with Crippen LogP contribution in [0.2, 0.25) is 0 Å². The fourth-order valence-corrected chi connectivity index (χ4v) is 3.42. The predicted molar refractivity (Wildman–Crippen MR) is 82.9 cm³/mol. The van der Waals surface area contributed by atoms with E-state index in [0.29, 0.717) is 13.0 Å². The zero-order valence-corrected chi connectivity index (χ0v) is 12.7. The fraction of sp³-hybridized carbons (Fsp3) is 0.400. The number of unbranched alkanes of at least 4 members (excludes halogenated alkanes) is 1. The molecule has 2 heterocycles. The Balaban J connectivity index is 1.81. The maximum atomic E-state index is 11.8. The Bertz CT molecular complexity index is 737. The summed E-state index contributed by atoms with van der Waals surface area (Å²) in [7, 11) is 0. The van der Waals surface area contributed by atoms with Crippen molar-refractivity contribution in [3.05, 3.63) is 23.2 Å². The maximum Gasteiger partial charge on any atom is 0.414 e. The number of hydrogen-bond donors (Lipinski definition) is 1. The molecule has 0 bridgehead atoms. The van der Waals surface area contributed by atoms with Crippen LogP contribution >= 0.6 is 11.3 Å². The van der Waals surface area contributed by atoms with Crippen LogP contribution in [0, 0.1) is 11.3 Å². The Labute approximate surface area is 131 Å². The van der Waals surface area contributed by atoms with Gasteiger partial charge < -0.3 is 9.84 Å². The van der Waals surface area contributed by atoms with Crippen molar-refractivity contribution >= 4 is 33.3 Å². The molecule has 1 N–H and O–H groups in total. The van der Waals surface area contributed by atoms with Gasteiger partial charge in [-0.15, -0.1) is 11.3 Å². The Kier molecular flexibility index (Phi) is 4.22. The number of benzene rings is 1. The van der Waals surface area contributed by atoms with Crippen LogP contribution in [-0.4, -0.2) is 35.4 Å². The first kappa shape index (κ1) is 14.8.